The van der Waals surface area contributed by atoms with Gasteiger partial charge in [0.15, 0.2) is 0 Å². The Morgan fingerprint density at radius 2 is 1.86 bits per heavy atom. The van der Waals surface area contributed by atoms with Crippen molar-refractivity contribution in [3.05, 3.63) is 57.0 Å². The minimum absolute atomic E-state index is 0.109. The summed E-state index contributed by atoms with van der Waals surface area (Å²) < 4.78 is 1.02. The Bertz CT molecular complexity index is 673. The van der Waals surface area contributed by atoms with Gasteiger partial charge < -0.3 is 10.6 Å². The smallest absolute Gasteiger partial charge is 0.243 e. The van der Waals surface area contributed by atoms with Crippen LogP contribution in [0.1, 0.15) is 11.1 Å². The number of carbonyl (C=O) groups is 1. The lowest BCUT2D eigenvalue weighted by atomic mass is 10.2. The van der Waals surface area contributed by atoms with E-state index in [2.05, 4.69) is 26.6 Å². The maximum Gasteiger partial charge on any atom is 0.243 e. The lowest BCUT2D eigenvalue weighted by molar-refractivity contribution is -0.114. The summed E-state index contributed by atoms with van der Waals surface area (Å²) in [6.45, 7) is 4.12. The third-order valence-corrected chi connectivity index (χ3v) is 3.83. The van der Waals surface area contributed by atoms with Crippen molar-refractivity contribution in [1.82, 2.24) is 0 Å². The van der Waals surface area contributed by atoms with Gasteiger partial charge in [0, 0.05) is 20.9 Å². The Kier molecular flexibility index (Phi) is 5.26. The third kappa shape index (κ3) is 4.48. The minimum Gasteiger partial charge on any atom is -0.376 e. The van der Waals surface area contributed by atoms with Gasteiger partial charge in [-0.1, -0.05) is 33.6 Å². The summed E-state index contributed by atoms with van der Waals surface area (Å²) in [5.41, 5.74) is 3.74. The molecule has 0 saturated heterocycles. The van der Waals surface area contributed by atoms with Gasteiger partial charge in [0.1, 0.15) is 0 Å². The van der Waals surface area contributed by atoms with Crippen LogP contribution >= 0.6 is 27.5 Å². The van der Waals surface area contributed by atoms with Crippen LogP contribution in [0.15, 0.2) is 40.9 Å². The lowest BCUT2D eigenvalue weighted by Crippen LogP contribution is -2.22. The van der Waals surface area contributed by atoms with Crippen LogP contribution in [0.5, 0.6) is 0 Å². The largest absolute Gasteiger partial charge is 0.376 e. The van der Waals surface area contributed by atoms with Gasteiger partial charge in [0.2, 0.25) is 5.91 Å². The SMILES string of the molecule is Cc1cc(Br)ccc1NCC(=O)Nc1cc(Cl)ccc1C. The van der Waals surface area contributed by atoms with Crippen LogP contribution in [-0.4, -0.2) is 12.5 Å². The molecule has 2 rings (SSSR count). The highest BCUT2D eigenvalue weighted by atomic mass is 79.9. The van der Waals surface area contributed by atoms with E-state index in [1.807, 2.05) is 38.1 Å². The van der Waals surface area contributed by atoms with E-state index in [0.717, 1.165) is 27.0 Å². The van der Waals surface area contributed by atoms with Crippen molar-refractivity contribution in [2.75, 3.05) is 17.2 Å². The molecule has 0 aliphatic rings. The number of benzene rings is 2. The number of hydrogen-bond donors (Lipinski definition) is 2. The topological polar surface area (TPSA) is 41.1 Å². The molecule has 0 radical (unpaired) electrons. The molecule has 0 atom stereocenters. The normalized spacial score (nSPS) is 10.3. The molecule has 0 fully saturated rings. The molecule has 0 bridgehead atoms. The summed E-state index contributed by atoms with van der Waals surface area (Å²) >= 11 is 9.35. The van der Waals surface area contributed by atoms with Crippen molar-refractivity contribution in [3.63, 3.8) is 0 Å². The first-order valence-corrected chi connectivity index (χ1v) is 7.69. The molecule has 2 aromatic carbocycles. The van der Waals surface area contributed by atoms with E-state index < -0.39 is 0 Å². The van der Waals surface area contributed by atoms with Gasteiger partial charge in [0.25, 0.3) is 0 Å². The molecule has 1 amide bonds. The summed E-state index contributed by atoms with van der Waals surface area (Å²) in [5, 5.41) is 6.59. The van der Waals surface area contributed by atoms with E-state index in [9.17, 15) is 4.79 Å². The van der Waals surface area contributed by atoms with Crippen LogP contribution in [0.2, 0.25) is 5.02 Å². The molecule has 110 valence electrons. The summed E-state index contributed by atoms with van der Waals surface area (Å²) in [5.74, 6) is -0.109. The van der Waals surface area contributed by atoms with Gasteiger partial charge in [-0.15, -0.1) is 0 Å². The van der Waals surface area contributed by atoms with Gasteiger partial charge in [-0.2, -0.15) is 0 Å². The predicted octanol–water partition coefficient (Wildman–Crippen LogP) is 4.77. The second-order valence-corrected chi connectivity index (χ2v) is 6.17. The average molecular weight is 368 g/mol. The number of amides is 1. The number of halogens is 2. The first kappa shape index (κ1) is 15.9. The Balaban J connectivity index is 1.97. The maximum atomic E-state index is 12.0. The van der Waals surface area contributed by atoms with Crippen LogP contribution < -0.4 is 10.6 Å². The van der Waals surface area contributed by atoms with E-state index in [1.54, 1.807) is 12.1 Å². The summed E-state index contributed by atoms with van der Waals surface area (Å²) in [6.07, 6.45) is 0. The monoisotopic (exact) mass is 366 g/mol. The zero-order valence-corrected chi connectivity index (χ0v) is 14.2. The fourth-order valence-electron chi connectivity index (χ4n) is 1.92. The van der Waals surface area contributed by atoms with Crippen molar-refractivity contribution >= 4 is 44.8 Å². The maximum absolute atomic E-state index is 12.0. The number of anilines is 2. The molecule has 0 unspecified atom stereocenters. The third-order valence-electron chi connectivity index (χ3n) is 3.10. The first-order valence-electron chi connectivity index (χ1n) is 6.52. The quantitative estimate of drug-likeness (QED) is 0.817. The molecule has 2 aromatic rings. The van der Waals surface area contributed by atoms with Crippen molar-refractivity contribution in [2.45, 2.75) is 13.8 Å². The summed E-state index contributed by atoms with van der Waals surface area (Å²) in [6, 6.07) is 11.3. The second-order valence-electron chi connectivity index (χ2n) is 4.82. The van der Waals surface area contributed by atoms with Gasteiger partial charge in [-0.05, 0) is 55.3 Å². The summed E-state index contributed by atoms with van der Waals surface area (Å²) in [4.78, 5) is 12.0. The molecule has 0 saturated carbocycles. The van der Waals surface area contributed by atoms with Crippen LogP contribution in [-0.2, 0) is 4.79 Å². The minimum atomic E-state index is -0.109. The van der Waals surface area contributed by atoms with E-state index in [1.165, 1.54) is 0 Å². The van der Waals surface area contributed by atoms with E-state index >= 15 is 0 Å². The number of carbonyl (C=O) groups excluding carboxylic acids is 1. The zero-order chi connectivity index (χ0) is 15.4. The zero-order valence-electron chi connectivity index (χ0n) is 11.8. The van der Waals surface area contributed by atoms with Crippen LogP contribution in [0, 0.1) is 13.8 Å². The molecular weight excluding hydrogens is 352 g/mol. The van der Waals surface area contributed by atoms with Gasteiger partial charge in [0.05, 0.1) is 6.54 Å². The highest BCUT2D eigenvalue weighted by Gasteiger charge is 2.06. The van der Waals surface area contributed by atoms with E-state index in [-0.39, 0.29) is 12.5 Å². The average Bonchev–Trinajstić information content (AvgIpc) is 2.42. The fraction of sp³-hybridized carbons (Fsp3) is 0.188. The van der Waals surface area contributed by atoms with Crippen LogP contribution in [0.25, 0.3) is 0 Å². The highest BCUT2D eigenvalue weighted by Crippen LogP contribution is 2.21. The van der Waals surface area contributed by atoms with Crippen molar-refractivity contribution in [2.24, 2.45) is 0 Å². The van der Waals surface area contributed by atoms with Crippen molar-refractivity contribution < 1.29 is 4.79 Å². The Morgan fingerprint density at radius 1 is 1.10 bits per heavy atom. The molecule has 5 heteroatoms. The Hall–Kier alpha value is -1.52. The van der Waals surface area contributed by atoms with Gasteiger partial charge >= 0.3 is 0 Å². The summed E-state index contributed by atoms with van der Waals surface area (Å²) in [7, 11) is 0. The van der Waals surface area contributed by atoms with Gasteiger partial charge in [-0.25, -0.2) is 0 Å². The van der Waals surface area contributed by atoms with E-state index in [4.69, 9.17) is 11.6 Å². The predicted molar refractivity (Wildman–Crippen MR) is 92.2 cm³/mol. The fourth-order valence-corrected chi connectivity index (χ4v) is 2.57. The second kappa shape index (κ2) is 6.96. The van der Waals surface area contributed by atoms with Gasteiger partial charge in [-0.3, -0.25) is 4.79 Å². The lowest BCUT2D eigenvalue weighted by Gasteiger charge is -2.12. The standard InChI is InChI=1S/C16H16BrClN2O/c1-10-3-5-13(18)8-15(10)20-16(21)9-19-14-6-4-12(17)7-11(14)2/h3-8,19H,9H2,1-2H3,(H,20,21). The molecule has 0 aliphatic heterocycles. The first-order chi connectivity index (χ1) is 9.95. The van der Waals surface area contributed by atoms with Crippen LogP contribution in [0.4, 0.5) is 11.4 Å². The van der Waals surface area contributed by atoms with Crippen molar-refractivity contribution in [1.29, 1.82) is 0 Å². The molecule has 0 aromatic heterocycles. The molecular formula is C16H16BrClN2O. The van der Waals surface area contributed by atoms with Crippen LogP contribution in [0.3, 0.4) is 0 Å². The molecule has 0 spiro atoms. The molecule has 3 nitrogen and oxygen atoms in total. The highest BCUT2D eigenvalue weighted by molar-refractivity contribution is 9.10. The molecule has 21 heavy (non-hydrogen) atoms. The number of hydrogen-bond acceptors (Lipinski definition) is 2. The number of aryl methyl sites for hydroxylation is 2. The van der Waals surface area contributed by atoms with E-state index in [0.29, 0.717) is 5.02 Å². The Morgan fingerprint density at radius 3 is 2.57 bits per heavy atom. The number of nitrogens with one attached hydrogen (secondary N) is 2. The molecule has 2 N–H and O–H groups in total. The van der Waals surface area contributed by atoms with Crippen molar-refractivity contribution in [3.8, 4) is 0 Å². The molecule has 0 aliphatic carbocycles. The molecule has 0 heterocycles. The number of rotatable bonds is 4. The Labute approximate surface area is 137 Å².